The molecule has 1 rings (SSSR count). The Morgan fingerprint density at radius 2 is 2.36 bits per heavy atom. The molecule has 4 nitrogen and oxygen atoms in total. The van der Waals surface area contributed by atoms with Crippen LogP contribution in [0.2, 0.25) is 0 Å². The van der Waals surface area contributed by atoms with Crippen LogP contribution in [0.4, 0.5) is 0 Å². The first-order valence-electron chi connectivity index (χ1n) is 5.06. The molecule has 0 aromatic carbocycles. The fourth-order valence-electron chi connectivity index (χ4n) is 1.89. The Morgan fingerprint density at radius 3 is 2.86 bits per heavy atom. The van der Waals surface area contributed by atoms with E-state index in [-0.39, 0.29) is 18.6 Å². The van der Waals surface area contributed by atoms with Gasteiger partial charge in [0.15, 0.2) is 0 Å². The Balaban J connectivity index is 2.64. The molecule has 1 N–H and O–H groups in total. The van der Waals surface area contributed by atoms with Crippen molar-refractivity contribution in [1.29, 1.82) is 0 Å². The van der Waals surface area contributed by atoms with Gasteiger partial charge in [0.05, 0.1) is 12.6 Å². The minimum atomic E-state index is -0.408. The van der Waals surface area contributed by atoms with E-state index in [4.69, 9.17) is 4.74 Å². The van der Waals surface area contributed by atoms with Crippen LogP contribution in [-0.4, -0.2) is 48.3 Å². The van der Waals surface area contributed by atoms with Crippen molar-refractivity contribution >= 4 is 5.91 Å². The number of methoxy groups -OCH3 is 1. The Morgan fingerprint density at radius 1 is 1.71 bits per heavy atom. The molecule has 1 fully saturated rings. The van der Waals surface area contributed by atoms with Crippen molar-refractivity contribution in [3.8, 4) is 0 Å². The maximum absolute atomic E-state index is 11.8. The van der Waals surface area contributed by atoms with Crippen LogP contribution in [0, 0.1) is 5.92 Å². The zero-order valence-electron chi connectivity index (χ0n) is 9.06. The molecule has 1 heterocycles. The summed E-state index contributed by atoms with van der Waals surface area (Å²) in [7, 11) is 1.52. The van der Waals surface area contributed by atoms with Crippen LogP contribution in [0.15, 0.2) is 0 Å². The van der Waals surface area contributed by atoms with Gasteiger partial charge in [0, 0.05) is 13.7 Å². The highest BCUT2D eigenvalue weighted by atomic mass is 16.5. The summed E-state index contributed by atoms with van der Waals surface area (Å²) in [5.74, 6) is 0.365. The molecule has 1 saturated heterocycles. The molecule has 0 aromatic rings. The Bertz CT molecular complexity index is 208. The van der Waals surface area contributed by atoms with Crippen LogP contribution in [0.25, 0.3) is 0 Å². The van der Waals surface area contributed by atoms with Crippen LogP contribution in [-0.2, 0) is 9.53 Å². The Labute approximate surface area is 84.8 Å². The molecule has 3 atom stereocenters. The number of likely N-dealkylation sites (tertiary alicyclic amines) is 1. The summed E-state index contributed by atoms with van der Waals surface area (Å²) in [5.41, 5.74) is 0. The minimum absolute atomic E-state index is 0.0177. The van der Waals surface area contributed by atoms with Gasteiger partial charge in [0.25, 0.3) is 5.91 Å². The molecule has 3 unspecified atom stereocenters. The summed E-state index contributed by atoms with van der Waals surface area (Å²) in [6, 6.07) is -0.0277. The van der Waals surface area contributed by atoms with Gasteiger partial charge >= 0.3 is 0 Å². The lowest BCUT2D eigenvalue weighted by Crippen LogP contribution is -2.44. The summed E-state index contributed by atoms with van der Waals surface area (Å²) in [6.07, 6.45) is 0.558. The molecule has 0 bridgehead atoms. The smallest absolute Gasteiger partial charge is 0.251 e. The summed E-state index contributed by atoms with van der Waals surface area (Å²) < 4.78 is 4.98. The highest BCUT2D eigenvalue weighted by Crippen LogP contribution is 2.24. The lowest BCUT2D eigenvalue weighted by Gasteiger charge is -2.27. The number of amides is 1. The van der Waals surface area contributed by atoms with E-state index in [0.29, 0.717) is 5.92 Å². The summed E-state index contributed by atoms with van der Waals surface area (Å²) in [4.78, 5) is 13.5. The third kappa shape index (κ3) is 2.07. The van der Waals surface area contributed by atoms with Crippen LogP contribution < -0.4 is 0 Å². The molecule has 0 aliphatic carbocycles. The molecule has 1 aliphatic heterocycles. The number of rotatable bonds is 3. The fourth-order valence-corrected chi connectivity index (χ4v) is 1.89. The summed E-state index contributed by atoms with van der Waals surface area (Å²) in [6.45, 7) is 4.58. The monoisotopic (exact) mass is 201 g/mol. The van der Waals surface area contributed by atoms with Gasteiger partial charge in [-0.2, -0.15) is 0 Å². The molecule has 1 aliphatic rings. The van der Waals surface area contributed by atoms with Gasteiger partial charge in [-0.1, -0.05) is 6.92 Å². The van der Waals surface area contributed by atoms with Crippen molar-refractivity contribution in [2.45, 2.75) is 32.4 Å². The second kappa shape index (κ2) is 4.75. The number of nitrogens with zero attached hydrogens (tertiary/aromatic N) is 1. The third-order valence-corrected chi connectivity index (χ3v) is 3.05. The molecule has 1 amide bonds. The topological polar surface area (TPSA) is 49.8 Å². The van der Waals surface area contributed by atoms with E-state index < -0.39 is 6.10 Å². The van der Waals surface area contributed by atoms with Crippen LogP contribution in [0.5, 0.6) is 0 Å². The van der Waals surface area contributed by atoms with Gasteiger partial charge < -0.3 is 14.7 Å². The molecule has 0 spiro atoms. The van der Waals surface area contributed by atoms with E-state index in [1.165, 1.54) is 7.11 Å². The first-order valence-corrected chi connectivity index (χ1v) is 5.06. The molecule has 0 radical (unpaired) electrons. The van der Waals surface area contributed by atoms with Gasteiger partial charge in [-0.3, -0.25) is 4.79 Å². The lowest BCUT2D eigenvalue weighted by molar-refractivity contribution is -0.142. The van der Waals surface area contributed by atoms with Crippen LogP contribution in [0.1, 0.15) is 20.3 Å². The molecule has 14 heavy (non-hydrogen) atoms. The van der Waals surface area contributed by atoms with Gasteiger partial charge in [-0.25, -0.2) is 0 Å². The maximum Gasteiger partial charge on any atom is 0.251 e. The fraction of sp³-hybridized carbons (Fsp3) is 0.900. The molecule has 0 aromatic heterocycles. The number of aliphatic hydroxyl groups is 1. The van der Waals surface area contributed by atoms with Crippen LogP contribution >= 0.6 is 0 Å². The van der Waals surface area contributed by atoms with Gasteiger partial charge in [0.1, 0.15) is 6.10 Å². The first-order chi connectivity index (χ1) is 6.61. The zero-order valence-corrected chi connectivity index (χ0v) is 9.06. The van der Waals surface area contributed by atoms with Gasteiger partial charge in [0.2, 0.25) is 0 Å². The second-order valence-electron chi connectivity index (χ2n) is 3.93. The van der Waals surface area contributed by atoms with E-state index in [1.54, 1.807) is 11.8 Å². The van der Waals surface area contributed by atoms with E-state index >= 15 is 0 Å². The number of carbonyl (C=O) groups is 1. The van der Waals surface area contributed by atoms with Crippen molar-refractivity contribution in [3.63, 3.8) is 0 Å². The largest absolute Gasteiger partial charge is 0.394 e. The van der Waals surface area contributed by atoms with Crippen molar-refractivity contribution in [1.82, 2.24) is 4.90 Å². The summed E-state index contributed by atoms with van der Waals surface area (Å²) in [5, 5.41) is 9.18. The number of carbonyl (C=O) groups excluding carboxylic acids is 1. The first kappa shape index (κ1) is 11.5. The van der Waals surface area contributed by atoms with E-state index in [1.807, 2.05) is 0 Å². The molecular formula is C10H19NO3. The van der Waals surface area contributed by atoms with E-state index in [2.05, 4.69) is 6.92 Å². The number of ether oxygens (including phenoxy) is 1. The normalized spacial score (nSPS) is 29.3. The van der Waals surface area contributed by atoms with E-state index in [9.17, 15) is 9.90 Å². The highest BCUT2D eigenvalue weighted by molar-refractivity contribution is 5.81. The predicted octanol–water partition coefficient (Wildman–Crippen LogP) is 0.251. The van der Waals surface area contributed by atoms with Crippen molar-refractivity contribution < 1.29 is 14.6 Å². The number of hydrogen-bond acceptors (Lipinski definition) is 3. The second-order valence-corrected chi connectivity index (χ2v) is 3.93. The number of aliphatic hydroxyl groups excluding tert-OH is 1. The number of hydrogen-bond donors (Lipinski definition) is 1. The quantitative estimate of drug-likeness (QED) is 0.712. The van der Waals surface area contributed by atoms with Crippen molar-refractivity contribution in [2.24, 2.45) is 5.92 Å². The van der Waals surface area contributed by atoms with Gasteiger partial charge in [-0.05, 0) is 19.3 Å². The minimum Gasteiger partial charge on any atom is -0.394 e. The van der Waals surface area contributed by atoms with Crippen molar-refractivity contribution in [3.05, 3.63) is 0 Å². The standard InChI is InChI=1S/C10H19NO3/c1-7-4-5-11(9(7)6-12)10(13)8(2)14-3/h7-9,12H,4-6H2,1-3H3. The molecule has 0 saturated carbocycles. The summed E-state index contributed by atoms with van der Waals surface area (Å²) >= 11 is 0. The van der Waals surface area contributed by atoms with Crippen LogP contribution in [0.3, 0.4) is 0 Å². The molecule has 82 valence electrons. The predicted molar refractivity (Wildman–Crippen MR) is 52.8 cm³/mol. The Hall–Kier alpha value is -0.610. The maximum atomic E-state index is 11.8. The SMILES string of the molecule is COC(C)C(=O)N1CCC(C)C1CO. The van der Waals surface area contributed by atoms with Gasteiger partial charge in [-0.15, -0.1) is 0 Å². The third-order valence-electron chi connectivity index (χ3n) is 3.05. The van der Waals surface area contributed by atoms with Crippen molar-refractivity contribution in [2.75, 3.05) is 20.3 Å². The molecule has 4 heteroatoms. The van der Waals surface area contributed by atoms with E-state index in [0.717, 1.165) is 13.0 Å². The highest BCUT2D eigenvalue weighted by Gasteiger charge is 2.35. The molecular weight excluding hydrogens is 182 g/mol. The average molecular weight is 201 g/mol. The lowest BCUT2D eigenvalue weighted by atomic mass is 10.0. The average Bonchev–Trinajstić information content (AvgIpc) is 2.57. The Kier molecular flexibility index (Phi) is 3.89. The zero-order chi connectivity index (χ0) is 10.7.